The van der Waals surface area contributed by atoms with Gasteiger partial charge in [-0.15, -0.1) is 0 Å². The van der Waals surface area contributed by atoms with Crippen molar-refractivity contribution < 1.29 is 9.53 Å². The molecule has 25 heavy (non-hydrogen) atoms. The number of nitrogens with one attached hydrogen (secondary N) is 1. The van der Waals surface area contributed by atoms with E-state index < -0.39 is 0 Å². The number of para-hydroxylation sites is 1. The van der Waals surface area contributed by atoms with Gasteiger partial charge in [-0.2, -0.15) is 11.8 Å². The van der Waals surface area contributed by atoms with E-state index in [0.717, 1.165) is 29.2 Å². The van der Waals surface area contributed by atoms with E-state index >= 15 is 0 Å². The van der Waals surface area contributed by atoms with Gasteiger partial charge in [-0.3, -0.25) is 4.79 Å². The molecule has 0 aromatic heterocycles. The van der Waals surface area contributed by atoms with Gasteiger partial charge in [-0.25, -0.2) is 0 Å². The summed E-state index contributed by atoms with van der Waals surface area (Å²) < 4.78 is 6.02. The lowest BCUT2D eigenvalue weighted by Crippen LogP contribution is -2.41. The van der Waals surface area contributed by atoms with Gasteiger partial charge in [-0.05, 0) is 25.5 Å². The fourth-order valence-electron chi connectivity index (χ4n) is 3.13. The Morgan fingerprint density at radius 1 is 1.16 bits per heavy atom. The van der Waals surface area contributed by atoms with E-state index in [1.165, 1.54) is 5.56 Å². The third-order valence-electron chi connectivity index (χ3n) is 4.30. The van der Waals surface area contributed by atoms with E-state index in [4.69, 9.17) is 4.74 Å². The van der Waals surface area contributed by atoms with Crippen LogP contribution in [-0.2, 0) is 10.5 Å². The van der Waals surface area contributed by atoms with Gasteiger partial charge in [0.25, 0.3) is 0 Å². The molecule has 0 fully saturated rings. The van der Waals surface area contributed by atoms with Gasteiger partial charge in [-0.1, -0.05) is 48.5 Å². The molecule has 2 aromatic rings. The number of hydrogen-bond donors (Lipinski definition) is 1. The number of carbonyl (C=O) groups is 1. The number of amides is 1. The van der Waals surface area contributed by atoms with Gasteiger partial charge in [0, 0.05) is 29.9 Å². The number of fused-ring (bicyclic) bond motifs is 1. The number of ether oxygens (including phenoxy) is 1. The van der Waals surface area contributed by atoms with Crippen LogP contribution in [0.25, 0.3) is 0 Å². The lowest BCUT2D eigenvalue weighted by atomic mass is 9.89. The summed E-state index contributed by atoms with van der Waals surface area (Å²) in [4.78, 5) is 12.4. The summed E-state index contributed by atoms with van der Waals surface area (Å²) in [6, 6.07) is 18.4. The van der Waals surface area contributed by atoms with Crippen molar-refractivity contribution in [3.63, 3.8) is 0 Å². The third kappa shape index (κ3) is 5.02. The Morgan fingerprint density at radius 3 is 2.68 bits per heavy atom. The van der Waals surface area contributed by atoms with Crippen molar-refractivity contribution in [2.24, 2.45) is 0 Å². The highest BCUT2D eigenvalue weighted by molar-refractivity contribution is 7.98. The zero-order valence-electron chi connectivity index (χ0n) is 14.8. The van der Waals surface area contributed by atoms with Crippen molar-refractivity contribution in [3.05, 3.63) is 65.7 Å². The Bertz CT molecular complexity index is 715. The molecule has 0 bridgehead atoms. The molecule has 1 atom stereocenters. The zero-order valence-corrected chi connectivity index (χ0v) is 15.6. The normalized spacial score (nSPS) is 18.1. The molecule has 0 aliphatic carbocycles. The average molecular weight is 356 g/mol. The van der Waals surface area contributed by atoms with E-state index in [1.54, 1.807) is 11.8 Å². The highest BCUT2D eigenvalue weighted by Gasteiger charge is 2.34. The van der Waals surface area contributed by atoms with Gasteiger partial charge < -0.3 is 10.1 Å². The summed E-state index contributed by atoms with van der Waals surface area (Å²) >= 11 is 1.80. The van der Waals surface area contributed by atoms with Gasteiger partial charge in [0.2, 0.25) is 5.91 Å². The minimum Gasteiger partial charge on any atom is -0.487 e. The summed E-state index contributed by atoms with van der Waals surface area (Å²) in [5.41, 5.74) is 2.11. The Balaban J connectivity index is 1.51. The second-order valence-electron chi connectivity index (χ2n) is 7.01. The minimum absolute atomic E-state index is 0.0200. The summed E-state index contributed by atoms with van der Waals surface area (Å²) in [6.45, 7) is 4.13. The third-order valence-corrected chi connectivity index (χ3v) is 5.33. The lowest BCUT2D eigenvalue weighted by molar-refractivity contribution is -0.121. The SMILES string of the molecule is CC1(C)CC(NC(=O)CCSCc2ccccc2)c2ccccc2O1. The molecule has 1 amide bonds. The summed E-state index contributed by atoms with van der Waals surface area (Å²) in [5.74, 6) is 2.76. The van der Waals surface area contributed by atoms with Crippen molar-refractivity contribution in [1.29, 1.82) is 0 Å². The summed E-state index contributed by atoms with van der Waals surface area (Å²) in [5, 5.41) is 3.20. The van der Waals surface area contributed by atoms with Crippen molar-refractivity contribution >= 4 is 17.7 Å². The minimum atomic E-state index is -0.269. The maximum absolute atomic E-state index is 12.4. The molecular formula is C21H25NO2S. The molecule has 2 aromatic carbocycles. The average Bonchev–Trinajstić information content (AvgIpc) is 2.59. The zero-order chi connectivity index (χ0) is 17.7. The molecule has 0 radical (unpaired) electrons. The second-order valence-corrected chi connectivity index (χ2v) is 8.12. The van der Waals surface area contributed by atoms with Crippen LogP contribution in [-0.4, -0.2) is 17.3 Å². The molecule has 1 N–H and O–H groups in total. The Morgan fingerprint density at radius 2 is 1.88 bits per heavy atom. The van der Waals surface area contributed by atoms with Crippen molar-refractivity contribution in [2.75, 3.05) is 5.75 Å². The van der Waals surface area contributed by atoms with Crippen molar-refractivity contribution in [3.8, 4) is 5.75 Å². The van der Waals surface area contributed by atoms with E-state index in [-0.39, 0.29) is 17.6 Å². The maximum Gasteiger partial charge on any atom is 0.221 e. The number of thioether (sulfide) groups is 1. The van der Waals surface area contributed by atoms with Crippen LogP contribution in [0.3, 0.4) is 0 Å². The van der Waals surface area contributed by atoms with E-state index in [2.05, 4.69) is 31.3 Å². The van der Waals surface area contributed by atoms with Crippen LogP contribution in [0.2, 0.25) is 0 Å². The molecule has 1 unspecified atom stereocenters. The van der Waals surface area contributed by atoms with E-state index in [0.29, 0.717) is 6.42 Å². The van der Waals surface area contributed by atoms with E-state index in [9.17, 15) is 4.79 Å². The van der Waals surface area contributed by atoms with Gasteiger partial charge in [0.1, 0.15) is 11.4 Å². The number of benzene rings is 2. The van der Waals surface area contributed by atoms with E-state index in [1.807, 2.05) is 42.5 Å². The molecule has 0 spiro atoms. The highest BCUT2D eigenvalue weighted by Crippen LogP contribution is 2.39. The molecule has 4 heteroatoms. The largest absolute Gasteiger partial charge is 0.487 e. The first-order valence-electron chi connectivity index (χ1n) is 8.72. The first-order chi connectivity index (χ1) is 12.0. The fourth-order valence-corrected chi connectivity index (χ4v) is 4.03. The van der Waals surface area contributed by atoms with Crippen LogP contribution in [0, 0.1) is 0 Å². The molecule has 132 valence electrons. The van der Waals surface area contributed by atoms with Crippen LogP contribution in [0.15, 0.2) is 54.6 Å². The summed E-state index contributed by atoms with van der Waals surface area (Å²) in [6.07, 6.45) is 1.32. The molecule has 0 saturated carbocycles. The molecule has 0 saturated heterocycles. The fraction of sp³-hybridized carbons (Fsp3) is 0.381. The first kappa shape index (κ1) is 17.9. The van der Waals surface area contributed by atoms with Gasteiger partial charge in [0.05, 0.1) is 6.04 Å². The van der Waals surface area contributed by atoms with Gasteiger partial charge >= 0.3 is 0 Å². The van der Waals surface area contributed by atoms with Crippen molar-refractivity contribution in [1.82, 2.24) is 5.32 Å². The quantitative estimate of drug-likeness (QED) is 0.762. The first-order valence-corrected chi connectivity index (χ1v) is 9.88. The molecule has 1 heterocycles. The number of hydrogen-bond acceptors (Lipinski definition) is 3. The molecule has 3 nitrogen and oxygen atoms in total. The topological polar surface area (TPSA) is 38.3 Å². The van der Waals surface area contributed by atoms with Gasteiger partial charge in [0.15, 0.2) is 0 Å². The number of carbonyl (C=O) groups excluding carboxylic acids is 1. The van der Waals surface area contributed by atoms with Crippen LogP contribution in [0.5, 0.6) is 5.75 Å². The van der Waals surface area contributed by atoms with Crippen LogP contribution >= 0.6 is 11.8 Å². The number of rotatable bonds is 6. The molecular weight excluding hydrogens is 330 g/mol. The van der Waals surface area contributed by atoms with Crippen LogP contribution in [0.1, 0.15) is 43.9 Å². The van der Waals surface area contributed by atoms with Crippen LogP contribution < -0.4 is 10.1 Å². The molecule has 1 aliphatic heterocycles. The highest BCUT2D eigenvalue weighted by atomic mass is 32.2. The monoisotopic (exact) mass is 355 g/mol. The van der Waals surface area contributed by atoms with Crippen molar-refractivity contribution in [2.45, 2.75) is 44.1 Å². The maximum atomic E-state index is 12.4. The van der Waals surface area contributed by atoms with Crippen LogP contribution in [0.4, 0.5) is 0 Å². The standard InChI is InChI=1S/C21H25NO2S/c1-21(2)14-18(17-10-6-7-11-19(17)24-21)22-20(23)12-13-25-15-16-8-4-3-5-9-16/h3-11,18H,12-15H2,1-2H3,(H,22,23). The Labute approximate surface area is 154 Å². The Kier molecular flexibility index (Phi) is 5.69. The summed E-state index contributed by atoms with van der Waals surface area (Å²) in [7, 11) is 0. The Hall–Kier alpha value is -1.94. The lowest BCUT2D eigenvalue weighted by Gasteiger charge is -2.37. The molecule has 3 rings (SSSR count). The second kappa shape index (κ2) is 7.96. The smallest absolute Gasteiger partial charge is 0.221 e. The predicted molar refractivity (Wildman–Crippen MR) is 104 cm³/mol. The predicted octanol–water partition coefficient (Wildman–Crippen LogP) is 4.73. The molecule has 1 aliphatic rings.